The minimum Gasteiger partial charge on any atom is -0.355 e. The van der Waals surface area contributed by atoms with Gasteiger partial charge in [0.2, 0.25) is 5.82 Å². The Morgan fingerprint density at radius 1 is 1.07 bits per heavy atom. The first-order chi connectivity index (χ1) is 13.2. The quantitative estimate of drug-likeness (QED) is 0.601. The van der Waals surface area contributed by atoms with Gasteiger partial charge in [0.1, 0.15) is 0 Å². The van der Waals surface area contributed by atoms with E-state index in [0.29, 0.717) is 17.3 Å². The van der Waals surface area contributed by atoms with E-state index in [9.17, 15) is 4.79 Å². The number of aromatic nitrogens is 3. The highest BCUT2D eigenvalue weighted by Crippen LogP contribution is 2.21. The van der Waals surface area contributed by atoms with E-state index >= 15 is 0 Å². The Morgan fingerprint density at radius 2 is 1.93 bits per heavy atom. The SMILES string of the molecule is CNC(=O)c1ccc(/C=C/c2nc(-c3ccc4ncccc4c3)no2)cc1. The summed E-state index contributed by atoms with van der Waals surface area (Å²) >= 11 is 0. The number of hydrogen-bond acceptors (Lipinski definition) is 5. The third-order valence-electron chi connectivity index (χ3n) is 4.12. The van der Waals surface area contributed by atoms with Crippen LogP contribution in [0.1, 0.15) is 21.8 Å². The van der Waals surface area contributed by atoms with Crippen LogP contribution in [0, 0.1) is 0 Å². The summed E-state index contributed by atoms with van der Waals surface area (Å²) in [4.78, 5) is 20.3. The fourth-order valence-corrected chi connectivity index (χ4v) is 2.69. The van der Waals surface area contributed by atoms with E-state index in [2.05, 4.69) is 20.4 Å². The van der Waals surface area contributed by atoms with Crippen LogP contribution >= 0.6 is 0 Å². The van der Waals surface area contributed by atoms with Crippen molar-refractivity contribution in [1.82, 2.24) is 20.4 Å². The molecule has 4 aromatic rings. The lowest BCUT2D eigenvalue weighted by Crippen LogP contribution is -2.17. The highest BCUT2D eigenvalue weighted by atomic mass is 16.5. The lowest BCUT2D eigenvalue weighted by molar-refractivity contribution is 0.0963. The second-order valence-corrected chi connectivity index (χ2v) is 5.90. The van der Waals surface area contributed by atoms with Gasteiger partial charge in [-0.05, 0) is 48.0 Å². The zero-order valence-corrected chi connectivity index (χ0v) is 14.6. The number of pyridine rings is 1. The molecular weight excluding hydrogens is 340 g/mol. The van der Waals surface area contributed by atoms with Crippen molar-refractivity contribution < 1.29 is 9.32 Å². The molecule has 27 heavy (non-hydrogen) atoms. The molecule has 0 saturated carbocycles. The van der Waals surface area contributed by atoms with Gasteiger partial charge in [-0.15, -0.1) is 0 Å². The van der Waals surface area contributed by atoms with Crippen LogP contribution < -0.4 is 5.32 Å². The monoisotopic (exact) mass is 356 g/mol. The molecule has 0 unspecified atom stereocenters. The molecule has 0 fully saturated rings. The average Bonchev–Trinajstić information content (AvgIpc) is 3.21. The molecule has 0 bridgehead atoms. The van der Waals surface area contributed by atoms with Crippen LogP contribution in [-0.2, 0) is 0 Å². The van der Waals surface area contributed by atoms with Gasteiger partial charge in [0.25, 0.3) is 11.8 Å². The highest BCUT2D eigenvalue weighted by Gasteiger charge is 2.08. The Bertz CT molecular complexity index is 1130. The zero-order valence-electron chi connectivity index (χ0n) is 14.6. The molecule has 2 aromatic heterocycles. The van der Waals surface area contributed by atoms with Crippen LogP contribution in [0.15, 0.2) is 65.3 Å². The summed E-state index contributed by atoms with van der Waals surface area (Å²) in [6.45, 7) is 0. The molecule has 6 nitrogen and oxygen atoms in total. The van der Waals surface area contributed by atoms with E-state index in [0.717, 1.165) is 22.0 Å². The standard InChI is InChI=1S/C21H16N4O2/c1-22-21(26)15-7-4-14(5-8-15)6-11-19-24-20(25-27-19)17-9-10-18-16(13-17)3-2-12-23-18/h2-13H,1H3,(H,22,26)/b11-6+. The van der Waals surface area contributed by atoms with Crippen molar-refractivity contribution in [3.05, 3.63) is 77.8 Å². The summed E-state index contributed by atoms with van der Waals surface area (Å²) in [7, 11) is 1.61. The number of benzene rings is 2. The van der Waals surface area contributed by atoms with E-state index in [1.807, 2.05) is 48.5 Å². The van der Waals surface area contributed by atoms with E-state index in [1.165, 1.54) is 0 Å². The molecule has 0 spiro atoms. The molecule has 6 heteroatoms. The van der Waals surface area contributed by atoms with Gasteiger partial charge in [-0.1, -0.05) is 23.4 Å². The maximum Gasteiger partial charge on any atom is 0.251 e. The van der Waals surface area contributed by atoms with Crippen molar-refractivity contribution in [3.8, 4) is 11.4 Å². The molecule has 0 atom stereocenters. The van der Waals surface area contributed by atoms with Gasteiger partial charge in [-0.25, -0.2) is 0 Å². The third-order valence-corrected chi connectivity index (χ3v) is 4.12. The first kappa shape index (κ1) is 16.7. The summed E-state index contributed by atoms with van der Waals surface area (Å²) < 4.78 is 5.30. The number of rotatable bonds is 4. The molecule has 0 saturated heterocycles. The maximum absolute atomic E-state index is 11.6. The molecule has 0 aliphatic carbocycles. The van der Waals surface area contributed by atoms with Gasteiger partial charge in [-0.3, -0.25) is 9.78 Å². The normalized spacial score (nSPS) is 11.1. The molecule has 132 valence electrons. The molecule has 1 N–H and O–H groups in total. The van der Waals surface area contributed by atoms with Crippen LogP contribution in [0.25, 0.3) is 34.4 Å². The number of hydrogen-bond donors (Lipinski definition) is 1. The lowest BCUT2D eigenvalue weighted by Gasteiger charge is -1.99. The van der Waals surface area contributed by atoms with Crippen LogP contribution in [-0.4, -0.2) is 28.1 Å². The van der Waals surface area contributed by atoms with Crippen LogP contribution in [0.2, 0.25) is 0 Å². The topological polar surface area (TPSA) is 80.9 Å². The molecule has 1 amide bonds. The summed E-state index contributed by atoms with van der Waals surface area (Å²) in [6.07, 6.45) is 5.36. The van der Waals surface area contributed by atoms with Crippen LogP contribution in [0.3, 0.4) is 0 Å². The van der Waals surface area contributed by atoms with Crippen molar-refractivity contribution in [2.24, 2.45) is 0 Å². The molecule has 2 aromatic carbocycles. The fourth-order valence-electron chi connectivity index (χ4n) is 2.69. The number of nitrogens with zero attached hydrogens (tertiary/aromatic N) is 3. The minimum absolute atomic E-state index is 0.113. The lowest BCUT2D eigenvalue weighted by atomic mass is 10.1. The Kier molecular flexibility index (Phi) is 4.45. The van der Waals surface area contributed by atoms with E-state index < -0.39 is 0 Å². The first-order valence-electron chi connectivity index (χ1n) is 8.42. The number of amides is 1. The number of carbonyl (C=O) groups excluding carboxylic acids is 1. The maximum atomic E-state index is 11.6. The largest absolute Gasteiger partial charge is 0.355 e. The number of carbonyl (C=O) groups is 1. The minimum atomic E-state index is -0.113. The van der Waals surface area contributed by atoms with Crippen molar-refractivity contribution in [2.75, 3.05) is 7.05 Å². The van der Waals surface area contributed by atoms with Gasteiger partial charge in [-0.2, -0.15) is 4.98 Å². The van der Waals surface area contributed by atoms with Crippen molar-refractivity contribution in [1.29, 1.82) is 0 Å². The van der Waals surface area contributed by atoms with E-state index in [4.69, 9.17) is 4.52 Å². The van der Waals surface area contributed by atoms with Crippen LogP contribution in [0.5, 0.6) is 0 Å². The predicted octanol–water partition coefficient (Wildman–Crippen LogP) is 3.81. The summed E-state index contributed by atoms with van der Waals surface area (Å²) in [6, 6.07) is 17.0. The van der Waals surface area contributed by atoms with Gasteiger partial charge in [0, 0.05) is 35.8 Å². The van der Waals surface area contributed by atoms with Gasteiger partial charge >= 0.3 is 0 Å². The average molecular weight is 356 g/mol. The first-order valence-corrected chi connectivity index (χ1v) is 8.42. The predicted molar refractivity (Wildman–Crippen MR) is 104 cm³/mol. The Balaban J connectivity index is 1.53. The second kappa shape index (κ2) is 7.21. The Morgan fingerprint density at radius 3 is 2.74 bits per heavy atom. The summed E-state index contributed by atoms with van der Waals surface area (Å²) in [5, 5.41) is 7.66. The highest BCUT2D eigenvalue weighted by molar-refractivity contribution is 5.94. The number of fused-ring (bicyclic) bond motifs is 1. The van der Waals surface area contributed by atoms with Crippen molar-refractivity contribution >= 4 is 29.0 Å². The van der Waals surface area contributed by atoms with Crippen molar-refractivity contribution in [2.45, 2.75) is 0 Å². The fraction of sp³-hybridized carbons (Fsp3) is 0.0476. The molecule has 0 aliphatic rings. The molecule has 4 rings (SSSR count). The van der Waals surface area contributed by atoms with Gasteiger partial charge < -0.3 is 9.84 Å². The summed E-state index contributed by atoms with van der Waals surface area (Å²) in [5.41, 5.74) is 3.33. The Labute approximate surface area is 155 Å². The molecule has 0 radical (unpaired) electrons. The van der Waals surface area contributed by atoms with Crippen LogP contribution in [0.4, 0.5) is 0 Å². The van der Waals surface area contributed by atoms with E-state index in [-0.39, 0.29) is 5.91 Å². The zero-order chi connectivity index (χ0) is 18.6. The molecule has 0 aliphatic heterocycles. The van der Waals surface area contributed by atoms with Crippen molar-refractivity contribution in [3.63, 3.8) is 0 Å². The van der Waals surface area contributed by atoms with Gasteiger partial charge in [0.15, 0.2) is 0 Å². The molecular formula is C21H16N4O2. The number of nitrogens with one attached hydrogen (secondary N) is 1. The van der Waals surface area contributed by atoms with Gasteiger partial charge in [0.05, 0.1) is 5.52 Å². The third kappa shape index (κ3) is 3.59. The van der Waals surface area contributed by atoms with E-state index in [1.54, 1.807) is 31.5 Å². The second-order valence-electron chi connectivity index (χ2n) is 5.90. The summed E-state index contributed by atoms with van der Waals surface area (Å²) in [5.74, 6) is 0.819. The molecule has 2 heterocycles. The Hall–Kier alpha value is -3.80. The smallest absolute Gasteiger partial charge is 0.251 e.